The van der Waals surface area contributed by atoms with Gasteiger partial charge >= 0.3 is 8.25 Å². The van der Waals surface area contributed by atoms with Crippen LogP contribution in [0.5, 0.6) is 11.5 Å². The molecule has 6 nitrogen and oxygen atoms in total. The van der Waals surface area contributed by atoms with Crippen LogP contribution in [-0.2, 0) is 15.7 Å². The monoisotopic (exact) mass is 250 g/mol. The van der Waals surface area contributed by atoms with Crippen molar-refractivity contribution in [2.24, 2.45) is 0 Å². The van der Waals surface area contributed by atoms with Crippen LogP contribution in [0, 0.1) is 6.92 Å². The number of hydrogen-bond donors (Lipinski definition) is 2. The van der Waals surface area contributed by atoms with Crippen LogP contribution in [0.2, 0.25) is 0 Å². The van der Waals surface area contributed by atoms with Crippen molar-refractivity contribution in [2.75, 3.05) is 6.86 Å². The van der Waals surface area contributed by atoms with E-state index >= 15 is 0 Å². The van der Waals surface area contributed by atoms with Gasteiger partial charge in [-0.3, -0.25) is 4.98 Å². The second-order valence-corrected chi connectivity index (χ2v) is 3.63. The molecule has 1 rings (SSSR count). The zero-order valence-corrected chi connectivity index (χ0v) is 9.28. The lowest BCUT2D eigenvalue weighted by Gasteiger charge is -2.05. The first-order valence-corrected chi connectivity index (χ1v) is 5.32. The summed E-state index contributed by atoms with van der Waals surface area (Å²) < 4.78 is 31.3. The largest absolute Gasteiger partial charge is 0.752 e. The molecule has 0 saturated carbocycles. The van der Waals surface area contributed by atoms with Crippen molar-refractivity contribution in [1.82, 2.24) is 4.98 Å². The summed E-state index contributed by atoms with van der Waals surface area (Å²) in [6.45, 7) is -0.255. The first-order valence-electron chi connectivity index (χ1n) is 4.22. The Balaban J connectivity index is 2.96. The van der Waals surface area contributed by atoms with E-state index in [9.17, 15) is 14.1 Å². The summed E-state index contributed by atoms with van der Waals surface area (Å²) in [5.41, 5.74) is 0.316. The highest BCUT2D eigenvalue weighted by atomic mass is 31.1. The molecule has 8 heteroatoms. The highest BCUT2D eigenvalue weighted by molar-refractivity contribution is 7.33. The van der Waals surface area contributed by atoms with E-state index in [2.05, 4.69) is 14.0 Å². The average Bonchev–Trinajstić information content (AvgIpc) is 2.24. The van der Waals surface area contributed by atoms with Gasteiger partial charge < -0.3 is 10.2 Å². The van der Waals surface area contributed by atoms with E-state index in [1.54, 1.807) is 0 Å². The molecule has 0 aromatic carbocycles. The van der Waals surface area contributed by atoms with Gasteiger partial charge in [0.2, 0.25) is 12.6 Å². The molecule has 1 atom stereocenters. The fourth-order valence-corrected chi connectivity index (χ4v) is 1.46. The van der Waals surface area contributed by atoms with Crippen LogP contribution in [0.4, 0.5) is 4.39 Å². The number of aromatic nitrogens is 1. The molecule has 1 unspecified atom stereocenters. The summed E-state index contributed by atoms with van der Waals surface area (Å²) in [7, 11) is -2.69. The van der Waals surface area contributed by atoms with Gasteiger partial charge in [-0.15, -0.1) is 0 Å². The van der Waals surface area contributed by atoms with Gasteiger partial charge in [0.25, 0.3) is 0 Å². The van der Waals surface area contributed by atoms with Gasteiger partial charge in [-0.05, 0) is 6.92 Å². The first kappa shape index (κ1) is 12.8. The second-order valence-electron chi connectivity index (χ2n) is 2.75. The van der Waals surface area contributed by atoms with Crippen molar-refractivity contribution in [1.29, 1.82) is 0 Å². The van der Waals surface area contributed by atoms with Crippen LogP contribution in [-0.4, -0.2) is 22.1 Å². The van der Waals surface area contributed by atoms with Gasteiger partial charge in [0.15, 0.2) is 0 Å². The maximum Gasteiger partial charge on any atom is 0.752 e. The fraction of sp³-hybridized carbons (Fsp3) is 0.375. The van der Waals surface area contributed by atoms with Crippen LogP contribution >= 0.6 is 8.25 Å². The number of aromatic hydroxyl groups is 1. The van der Waals surface area contributed by atoms with E-state index in [4.69, 9.17) is 5.11 Å². The molecule has 0 amide bonds. The van der Waals surface area contributed by atoms with E-state index in [0.717, 1.165) is 6.20 Å². The van der Waals surface area contributed by atoms with Gasteiger partial charge in [-0.2, -0.15) is 0 Å². The minimum absolute atomic E-state index is 0.0262. The van der Waals surface area contributed by atoms with Crippen molar-refractivity contribution in [3.63, 3.8) is 0 Å². The molecule has 0 aliphatic rings. The van der Waals surface area contributed by atoms with Gasteiger partial charge in [0, 0.05) is 4.57 Å². The quantitative estimate of drug-likeness (QED) is 0.771. The Bertz CT molecular complexity index is 400. The molecular formula is C8H10FNO5P+. The standard InChI is InChI=1S/C8H9FNO5P/c1-5-8(12)6(3-11)7(2-10-5)15-16(13)14-4-9/h2,11H,3-4H2,1H3/p+1. The molecule has 1 aromatic rings. The molecule has 0 saturated heterocycles. The summed E-state index contributed by atoms with van der Waals surface area (Å²) in [5.74, 6) is -0.371. The molecule has 1 heterocycles. The Labute approximate surface area is 91.6 Å². The number of aryl methyl sites for hydroxylation is 1. The minimum atomic E-state index is -2.69. The third kappa shape index (κ3) is 2.85. The topological polar surface area (TPSA) is 88.9 Å². The molecule has 0 aliphatic carbocycles. The normalized spacial score (nSPS) is 11.3. The van der Waals surface area contributed by atoms with Gasteiger partial charge in [0.05, 0.1) is 24.1 Å². The molecule has 0 radical (unpaired) electrons. The lowest BCUT2D eigenvalue weighted by Crippen LogP contribution is -1.96. The van der Waals surface area contributed by atoms with E-state index < -0.39 is 21.7 Å². The summed E-state index contributed by atoms with van der Waals surface area (Å²) in [5, 5.41) is 18.5. The Morgan fingerprint density at radius 3 is 2.88 bits per heavy atom. The Hall–Kier alpha value is -1.30. The first-order chi connectivity index (χ1) is 7.60. The molecule has 88 valence electrons. The number of aliphatic hydroxyl groups excluding tert-OH is 1. The summed E-state index contributed by atoms with van der Waals surface area (Å²) >= 11 is 0. The number of alkyl halides is 1. The number of hydrogen-bond acceptors (Lipinski definition) is 6. The van der Waals surface area contributed by atoms with Crippen molar-refractivity contribution in [2.45, 2.75) is 13.5 Å². The van der Waals surface area contributed by atoms with Crippen LogP contribution in [0.25, 0.3) is 0 Å². The third-order valence-corrected chi connectivity index (χ3v) is 2.44. The maximum absolute atomic E-state index is 11.7. The second kappa shape index (κ2) is 5.69. The Morgan fingerprint density at radius 2 is 2.31 bits per heavy atom. The summed E-state index contributed by atoms with van der Waals surface area (Å²) in [6.07, 6.45) is 1.16. The SMILES string of the molecule is Cc1ncc(O[P+](=O)OCF)c(CO)c1O. The number of nitrogens with zero attached hydrogens (tertiary/aromatic N) is 1. The molecule has 1 aromatic heterocycles. The van der Waals surface area contributed by atoms with Crippen molar-refractivity contribution < 1.29 is 28.2 Å². The molecule has 0 bridgehead atoms. The fourth-order valence-electron chi connectivity index (χ4n) is 1.01. The summed E-state index contributed by atoms with van der Waals surface area (Å²) in [6, 6.07) is 0. The highest BCUT2D eigenvalue weighted by Crippen LogP contribution is 2.35. The molecular weight excluding hydrogens is 240 g/mol. The molecule has 0 fully saturated rings. The number of aliphatic hydroxyl groups is 1. The molecule has 2 N–H and O–H groups in total. The van der Waals surface area contributed by atoms with E-state index in [1.165, 1.54) is 6.92 Å². The Kier molecular flexibility index (Phi) is 4.54. The van der Waals surface area contributed by atoms with Crippen molar-refractivity contribution in [3.05, 3.63) is 17.5 Å². The van der Waals surface area contributed by atoms with E-state index in [1.807, 2.05) is 0 Å². The zero-order valence-electron chi connectivity index (χ0n) is 8.38. The van der Waals surface area contributed by atoms with Gasteiger partial charge in [-0.25, -0.2) is 8.91 Å². The van der Waals surface area contributed by atoms with Gasteiger partial charge in [0.1, 0.15) is 5.75 Å². The third-order valence-electron chi connectivity index (χ3n) is 1.79. The highest BCUT2D eigenvalue weighted by Gasteiger charge is 2.26. The minimum Gasteiger partial charge on any atom is -0.506 e. The molecule has 0 spiro atoms. The smallest absolute Gasteiger partial charge is 0.506 e. The molecule has 0 aliphatic heterocycles. The van der Waals surface area contributed by atoms with Crippen LogP contribution in [0.3, 0.4) is 0 Å². The van der Waals surface area contributed by atoms with Crippen LogP contribution in [0.15, 0.2) is 6.20 Å². The van der Waals surface area contributed by atoms with E-state index in [0.29, 0.717) is 0 Å². The lowest BCUT2D eigenvalue weighted by atomic mass is 10.2. The zero-order chi connectivity index (χ0) is 12.1. The lowest BCUT2D eigenvalue weighted by molar-refractivity contribution is 0.182. The number of rotatable bonds is 5. The van der Waals surface area contributed by atoms with Crippen molar-refractivity contribution >= 4 is 8.25 Å². The van der Waals surface area contributed by atoms with Crippen molar-refractivity contribution in [3.8, 4) is 11.5 Å². The maximum atomic E-state index is 11.7. The number of pyridine rings is 1. The van der Waals surface area contributed by atoms with Crippen LogP contribution in [0.1, 0.15) is 11.3 Å². The molecule has 16 heavy (non-hydrogen) atoms. The van der Waals surface area contributed by atoms with Crippen LogP contribution < -0.4 is 4.52 Å². The summed E-state index contributed by atoms with van der Waals surface area (Å²) in [4.78, 5) is 3.74. The average molecular weight is 250 g/mol. The van der Waals surface area contributed by atoms with E-state index in [-0.39, 0.29) is 22.8 Å². The number of halogens is 1. The van der Waals surface area contributed by atoms with Gasteiger partial charge in [-0.1, -0.05) is 4.52 Å². The predicted octanol–water partition coefficient (Wildman–Crippen LogP) is 1.57. The predicted molar refractivity (Wildman–Crippen MR) is 51.9 cm³/mol. The Morgan fingerprint density at radius 1 is 1.62 bits per heavy atom.